The number of alkyl halides is 1. The molecule has 0 amide bonds. The van der Waals surface area contributed by atoms with E-state index in [4.69, 9.17) is 16.3 Å². The summed E-state index contributed by atoms with van der Waals surface area (Å²) in [4.78, 5) is 0. The predicted molar refractivity (Wildman–Crippen MR) is 52.0 cm³/mol. The Labute approximate surface area is 78.3 Å². The number of benzene rings is 1. The van der Waals surface area contributed by atoms with E-state index in [-0.39, 0.29) is 0 Å². The maximum atomic E-state index is 5.50. The minimum atomic E-state index is 0.538. The first-order chi connectivity index (χ1) is 5.86. The van der Waals surface area contributed by atoms with Gasteiger partial charge in [-0.15, -0.1) is 11.6 Å². The number of aryl methyl sites for hydroxylation is 1. The summed E-state index contributed by atoms with van der Waals surface area (Å²) in [5.74, 6) is 1.45. The van der Waals surface area contributed by atoms with Crippen LogP contribution in [0.15, 0.2) is 24.3 Å². The molecule has 0 saturated carbocycles. The van der Waals surface area contributed by atoms with Crippen LogP contribution in [0.4, 0.5) is 0 Å². The van der Waals surface area contributed by atoms with Crippen molar-refractivity contribution in [1.29, 1.82) is 0 Å². The van der Waals surface area contributed by atoms with Crippen LogP contribution in [-0.4, -0.2) is 12.5 Å². The van der Waals surface area contributed by atoms with Crippen LogP contribution in [0.1, 0.15) is 12.5 Å². The van der Waals surface area contributed by atoms with Crippen LogP contribution in [0.3, 0.4) is 0 Å². The summed E-state index contributed by atoms with van der Waals surface area (Å²) in [7, 11) is 0. The molecule has 0 aromatic heterocycles. The van der Waals surface area contributed by atoms with E-state index in [0.717, 1.165) is 12.2 Å². The Morgan fingerprint density at radius 1 is 1.42 bits per heavy atom. The zero-order chi connectivity index (χ0) is 8.81. The Hall–Kier alpha value is -0.690. The van der Waals surface area contributed by atoms with Gasteiger partial charge in [0.25, 0.3) is 0 Å². The summed E-state index contributed by atoms with van der Waals surface area (Å²) in [6.45, 7) is 2.70. The Morgan fingerprint density at radius 3 is 2.92 bits per heavy atom. The number of hydrogen-bond acceptors (Lipinski definition) is 1. The zero-order valence-corrected chi connectivity index (χ0v) is 7.97. The molecule has 2 heteroatoms. The molecule has 1 aromatic rings. The highest BCUT2D eigenvalue weighted by molar-refractivity contribution is 6.17. The lowest BCUT2D eigenvalue weighted by Gasteiger charge is -2.04. The minimum Gasteiger partial charge on any atom is -0.492 e. The first-order valence-corrected chi connectivity index (χ1v) is 4.68. The van der Waals surface area contributed by atoms with Gasteiger partial charge in [-0.1, -0.05) is 19.1 Å². The molecule has 0 heterocycles. The molecule has 0 spiro atoms. The SMILES string of the molecule is CCc1cccc(OCCCl)c1. The average molecular weight is 185 g/mol. The van der Waals surface area contributed by atoms with Crippen LogP contribution in [0.2, 0.25) is 0 Å². The van der Waals surface area contributed by atoms with Crippen molar-refractivity contribution in [1.82, 2.24) is 0 Å². The van der Waals surface area contributed by atoms with Crippen LogP contribution in [-0.2, 0) is 6.42 Å². The van der Waals surface area contributed by atoms with Gasteiger partial charge in [0.15, 0.2) is 0 Å². The lowest BCUT2D eigenvalue weighted by atomic mass is 10.2. The van der Waals surface area contributed by atoms with Gasteiger partial charge in [0, 0.05) is 0 Å². The molecule has 1 nitrogen and oxygen atoms in total. The van der Waals surface area contributed by atoms with Gasteiger partial charge < -0.3 is 4.74 Å². The standard InChI is InChI=1S/C10H13ClO/c1-2-9-4-3-5-10(8-9)12-7-6-11/h3-5,8H,2,6-7H2,1H3. The monoisotopic (exact) mass is 184 g/mol. The van der Waals surface area contributed by atoms with Crippen molar-refractivity contribution in [2.45, 2.75) is 13.3 Å². The molecule has 0 fully saturated rings. The Bertz CT molecular complexity index is 235. The Balaban J connectivity index is 2.60. The van der Waals surface area contributed by atoms with Gasteiger partial charge in [-0.25, -0.2) is 0 Å². The van der Waals surface area contributed by atoms with Gasteiger partial charge in [0.1, 0.15) is 12.4 Å². The molecule has 0 aliphatic carbocycles. The molecule has 66 valence electrons. The molecular formula is C10H13ClO. The van der Waals surface area contributed by atoms with E-state index in [0.29, 0.717) is 12.5 Å². The van der Waals surface area contributed by atoms with Gasteiger partial charge in [0.2, 0.25) is 0 Å². The first-order valence-electron chi connectivity index (χ1n) is 4.14. The maximum absolute atomic E-state index is 5.50. The zero-order valence-electron chi connectivity index (χ0n) is 7.22. The van der Waals surface area contributed by atoms with Gasteiger partial charge in [0.05, 0.1) is 5.88 Å². The molecule has 1 rings (SSSR count). The fourth-order valence-corrected chi connectivity index (χ4v) is 1.09. The second kappa shape index (κ2) is 5.04. The normalized spacial score (nSPS) is 9.83. The third-order valence-corrected chi connectivity index (χ3v) is 1.81. The number of hydrogen-bond donors (Lipinski definition) is 0. The van der Waals surface area contributed by atoms with E-state index in [1.54, 1.807) is 0 Å². The summed E-state index contributed by atoms with van der Waals surface area (Å²) in [6, 6.07) is 8.09. The summed E-state index contributed by atoms with van der Waals surface area (Å²) in [5.41, 5.74) is 1.29. The van der Waals surface area contributed by atoms with Gasteiger partial charge in [-0.2, -0.15) is 0 Å². The third kappa shape index (κ3) is 2.74. The number of halogens is 1. The summed E-state index contributed by atoms with van der Waals surface area (Å²) in [5, 5.41) is 0. The average Bonchev–Trinajstić information content (AvgIpc) is 2.15. The molecule has 1 aromatic carbocycles. The van der Waals surface area contributed by atoms with Crippen molar-refractivity contribution in [3.8, 4) is 5.75 Å². The van der Waals surface area contributed by atoms with Crippen molar-refractivity contribution < 1.29 is 4.74 Å². The first kappa shape index (κ1) is 9.40. The van der Waals surface area contributed by atoms with Crippen LogP contribution < -0.4 is 4.74 Å². The van der Waals surface area contributed by atoms with Gasteiger partial charge >= 0.3 is 0 Å². The second-order valence-corrected chi connectivity index (χ2v) is 2.92. The van der Waals surface area contributed by atoms with Gasteiger partial charge in [-0.3, -0.25) is 0 Å². The topological polar surface area (TPSA) is 9.23 Å². The van der Waals surface area contributed by atoms with E-state index < -0.39 is 0 Å². The van der Waals surface area contributed by atoms with Gasteiger partial charge in [-0.05, 0) is 24.1 Å². The van der Waals surface area contributed by atoms with E-state index in [9.17, 15) is 0 Å². The van der Waals surface area contributed by atoms with Crippen molar-refractivity contribution >= 4 is 11.6 Å². The molecule has 0 unspecified atom stereocenters. The Kier molecular flexibility index (Phi) is 3.95. The molecule has 0 saturated heterocycles. The second-order valence-electron chi connectivity index (χ2n) is 2.54. The van der Waals surface area contributed by atoms with E-state index in [2.05, 4.69) is 13.0 Å². The van der Waals surface area contributed by atoms with Crippen molar-refractivity contribution in [2.75, 3.05) is 12.5 Å². The minimum absolute atomic E-state index is 0.538. The summed E-state index contributed by atoms with van der Waals surface area (Å²) >= 11 is 5.50. The summed E-state index contributed by atoms with van der Waals surface area (Å²) < 4.78 is 5.37. The molecular weight excluding hydrogens is 172 g/mol. The fourth-order valence-electron chi connectivity index (χ4n) is 1.01. The van der Waals surface area contributed by atoms with Crippen molar-refractivity contribution in [3.63, 3.8) is 0 Å². The smallest absolute Gasteiger partial charge is 0.119 e. The van der Waals surface area contributed by atoms with E-state index in [1.165, 1.54) is 5.56 Å². The van der Waals surface area contributed by atoms with E-state index >= 15 is 0 Å². The molecule has 0 radical (unpaired) electrons. The fraction of sp³-hybridized carbons (Fsp3) is 0.400. The van der Waals surface area contributed by atoms with Crippen molar-refractivity contribution in [3.05, 3.63) is 29.8 Å². The lowest BCUT2D eigenvalue weighted by molar-refractivity contribution is 0.342. The number of ether oxygens (including phenoxy) is 1. The van der Waals surface area contributed by atoms with E-state index in [1.807, 2.05) is 18.2 Å². The van der Waals surface area contributed by atoms with Crippen molar-refractivity contribution in [2.24, 2.45) is 0 Å². The molecule has 0 bridgehead atoms. The van der Waals surface area contributed by atoms with Crippen LogP contribution >= 0.6 is 11.6 Å². The maximum Gasteiger partial charge on any atom is 0.119 e. The molecule has 0 aliphatic heterocycles. The number of rotatable bonds is 4. The quantitative estimate of drug-likeness (QED) is 0.654. The third-order valence-electron chi connectivity index (χ3n) is 1.65. The highest BCUT2D eigenvalue weighted by Gasteiger charge is 1.93. The highest BCUT2D eigenvalue weighted by atomic mass is 35.5. The predicted octanol–water partition coefficient (Wildman–Crippen LogP) is 2.87. The van der Waals surface area contributed by atoms with Crippen LogP contribution in [0.25, 0.3) is 0 Å². The lowest BCUT2D eigenvalue weighted by Crippen LogP contribution is -1.98. The molecule has 0 atom stereocenters. The molecule has 0 aliphatic rings. The Morgan fingerprint density at radius 2 is 2.25 bits per heavy atom. The highest BCUT2D eigenvalue weighted by Crippen LogP contribution is 2.13. The molecule has 12 heavy (non-hydrogen) atoms. The molecule has 0 N–H and O–H groups in total. The largest absolute Gasteiger partial charge is 0.492 e. The summed E-state index contributed by atoms with van der Waals surface area (Å²) in [6.07, 6.45) is 1.04. The van der Waals surface area contributed by atoms with Crippen LogP contribution in [0.5, 0.6) is 5.75 Å². The van der Waals surface area contributed by atoms with Crippen LogP contribution in [0, 0.1) is 0 Å².